The van der Waals surface area contributed by atoms with Gasteiger partial charge in [0.1, 0.15) is 0 Å². The number of anilines is 2. The Morgan fingerprint density at radius 3 is 1.89 bits per heavy atom. The Labute approximate surface area is 153 Å². The molecule has 27 heavy (non-hydrogen) atoms. The predicted octanol–water partition coefficient (Wildman–Crippen LogP) is 0.182. The number of carboxylic acids is 2. The molecular weight excluding hydrogens is 354 g/mol. The molecule has 0 bridgehead atoms. The minimum Gasteiger partial charge on any atom is -0.478 e. The van der Waals surface area contributed by atoms with Crippen LogP contribution in [0.5, 0.6) is 0 Å². The summed E-state index contributed by atoms with van der Waals surface area (Å²) in [6.45, 7) is 0. The van der Waals surface area contributed by atoms with Gasteiger partial charge in [-0.05, 0) is 24.3 Å². The van der Waals surface area contributed by atoms with Gasteiger partial charge in [0.05, 0.1) is 11.4 Å². The van der Waals surface area contributed by atoms with Crippen molar-refractivity contribution in [2.45, 2.75) is 5.66 Å². The molecule has 1 heterocycles. The molecule has 2 aromatic rings. The second-order valence-electron chi connectivity index (χ2n) is 5.54. The lowest BCUT2D eigenvalue weighted by atomic mass is 10.1. The Kier molecular flexibility index (Phi) is 4.48. The molecule has 5 N–H and O–H groups in total. The summed E-state index contributed by atoms with van der Waals surface area (Å²) in [4.78, 5) is 36.1. The van der Waals surface area contributed by atoms with Crippen molar-refractivity contribution in [1.29, 1.82) is 0 Å². The van der Waals surface area contributed by atoms with Gasteiger partial charge in [0.2, 0.25) is 0 Å². The average Bonchev–Trinajstić information content (AvgIpc) is 2.67. The van der Waals surface area contributed by atoms with Crippen molar-refractivity contribution in [1.82, 2.24) is 5.43 Å². The standard InChI is InChI=1S/C17H15N5O5/c18-15(25)17(16(26)27)20-21(11-7-3-1-4-8-11)13(14(23)24)19-22(17)12-9-5-2-6-10-12/h1-10,20H,(H2,18,25)(H,23,24)(H,26,27). The maximum atomic E-state index is 12.2. The van der Waals surface area contributed by atoms with Crippen LogP contribution in [0.3, 0.4) is 0 Å². The summed E-state index contributed by atoms with van der Waals surface area (Å²) in [5.74, 6) is -4.89. The summed E-state index contributed by atoms with van der Waals surface area (Å²) in [5, 5.41) is 25.0. The Balaban J connectivity index is 2.27. The van der Waals surface area contributed by atoms with Crippen molar-refractivity contribution in [3.8, 4) is 0 Å². The fraction of sp³-hybridized carbons (Fsp3) is 0.0588. The highest BCUT2D eigenvalue weighted by Crippen LogP contribution is 2.29. The van der Waals surface area contributed by atoms with Crippen LogP contribution >= 0.6 is 0 Å². The Bertz CT molecular complexity index is 902. The normalized spacial score (nSPS) is 19.3. The number of hydrogen-bond donors (Lipinski definition) is 4. The van der Waals surface area contributed by atoms with Gasteiger partial charge in [-0.1, -0.05) is 36.4 Å². The average molecular weight is 369 g/mol. The fourth-order valence-electron chi connectivity index (χ4n) is 2.60. The van der Waals surface area contributed by atoms with Gasteiger partial charge in [-0.15, -0.1) is 5.10 Å². The van der Waals surface area contributed by atoms with E-state index in [0.29, 0.717) is 0 Å². The number of para-hydroxylation sites is 2. The lowest BCUT2D eigenvalue weighted by molar-refractivity contribution is -0.150. The minimum atomic E-state index is -2.55. The Morgan fingerprint density at radius 2 is 1.44 bits per heavy atom. The number of nitrogens with one attached hydrogen (secondary N) is 1. The second kappa shape index (κ2) is 6.77. The molecule has 3 rings (SSSR count). The SMILES string of the molecule is NC(=O)C1(C(=O)O)NN(c2ccccc2)C(C(=O)O)=NN1c1ccccc1. The van der Waals surface area contributed by atoms with E-state index < -0.39 is 29.3 Å². The van der Waals surface area contributed by atoms with E-state index in [1.54, 1.807) is 36.4 Å². The van der Waals surface area contributed by atoms with E-state index in [1.807, 2.05) is 0 Å². The van der Waals surface area contributed by atoms with Crippen molar-refractivity contribution < 1.29 is 24.6 Å². The quantitative estimate of drug-likeness (QED) is 0.546. The second-order valence-corrected chi connectivity index (χ2v) is 5.54. The molecule has 0 saturated heterocycles. The van der Waals surface area contributed by atoms with Gasteiger partial charge in [-0.2, -0.15) is 5.43 Å². The third-order valence-electron chi connectivity index (χ3n) is 3.87. The number of aliphatic carboxylic acids is 2. The largest absolute Gasteiger partial charge is 0.478 e. The van der Waals surface area contributed by atoms with Crippen LogP contribution in [0.1, 0.15) is 0 Å². The molecule has 10 heteroatoms. The van der Waals surface area contributed by atoms with Crippen LogP contribution in [0.15, 0.2) is 65.8 Å². The molecule has 0 saturated carbocycles. The van der Waals surface area contributed by atoms with Crippen LogP contribution in [0.2, 0.25) is 0 Å². The van der Waals surface area contributed by atoms with Gasteiger partial charge >= 0.3 is 17.6 Å². The van der Waals surface area contributed by atoms with Gasteiger partial charge in [-0.25, -0.2) is 19.6 Å². The number of nitrogens with zero attached hydrogens (tertiary/aromatic N) is 3. The number of carbonyl (C=O) groups excluding carboxylic acids is 1. The highest BCUT2D eigenvalue weighted by atomic mass is 16.4. The summed E-state index contributed by atoms with van der Waals surface area (Å²) >= 11 is 0. The van der Waals surface area contributed by atoms with E-state index in [9.17, 15) is 24.6 Å². The molecule has 10 nitrogen and oxygen atoms in total. The van der Waals surface area contributed by atoms with Crippen LogP contribution < -0.4 is 21.2 Å². The van der Waals surface area contributed by atoms with Gasteiger partial charge in [0.25, 0.3) is 11.7 Å². The number of hydrazone groups is 1. The third kappa shape index (κ3) is 2.93. The van der Waals surface area contributed by atoms with Crippen LogP contribution in [0.25, 0.3) is 0 Å². The molecular formula is C17H15N5O5. The van der Waals surface area contributed by atoms with Crippen molar-refractivity contribution in [3.63, 3.8) is 0 Å². The molecule has 2 aromatic carbocycles. The molecule has 1 aliphatic heterocycles. The number of amides is 1. The Morgan fingerprint density at radius 1 is 0.926 bits per heavy atom. The number of hydrazine groups is 1. The van der Waals surface area contributed by atoms with E-state index in [1.165, 1.54) is 24.3 Å². The first-order valence-corrected chi connectivity index (χ1v) is 7.71. The number of carbonyl (C=O) groups is 3. The zero-order chi connectivity index (χ0) is 19.6. The first-order chi connectivity index (χ1) is 12.9. The number of benzene rings is 2. The Hall–Kier alpha value is -3.92. The molecule has 138 valence electrons. The van der Waals surface area contributed by atoms with Gasteiger partial charge in [-0.3, -0.25) is 4.79 Å². The summed E-state index contributed by atoms with van der Waals surface area (Å²) in [6, 6.07) is 15.8. The first kappa shape index (κ1) is 17.9. The fourth-order valence-corrected chi connectivity index (χ4v) is 2.60. The number of rotatable bonds is 5. The zero-order valence-corrected chi connectivity index (χ0v) is 13.8. The van der Waals surface area contributed by atoms with Crippen LogP contribution in [-0.4, -0.2) is 39.6 Å². The zero-order valence-electron chi connectivity index (χ0n) is 13.8. The number of hydrogen-bond acceptors (Lipinski definition) is 7. The third-order valence-corrected chi connectivity index (χ3v) is 3.87. The lowest BCUT2D eigenvalue weighted by Crippen LogP contribution is -2.77. The molecule has 0 spiro atoms. The highest BCUT2D eigenvalue weighted by Gasteiger charge is 2.56. The van der Waals surface area contributed by atoms with Crippen LogP contribution in [0.4, 0.5) is 11.4 Å². The molecule has 0 aliphatic carbocycles. The van der Waals surface area contributed by atoms with E-state index in [4.69, 9.17) is 5.73 Å². The molecule has 0 fully saturated rings. The smallest absolute Gasteiger partial charge is 0.375 e. The molecule has 1 amide bonds. The molecule has 0 radical (unpaired) electrons. The van der Waals surface area contributed by atoms with Crippen LogP contribution in [-0.2, 0) is 14.4 Å². The van der Waals surface area contributed by atoms with Crippen molar-refractivity contribution in [3.05, 3.63) is 60.7 Å². The molecule has 1 aliphatic rings. The number of amidine groups is 1. The van der Waals surface area contributed by atoms with E-state index in [0.717, 1.165) is 10.0 Å². The molecule has 0 aromatic heterocycles. The maximum absolute atomic E-state index is 12.2. The maximum Gasteiger partial charge on any atom is 0.375 e. The topological polar surface area (TPSA) is 149 Å². The molecule has 1 unspecified atom stereocenters. The number of carboxylic acid groups (broad SMARTS) is 2. The van der Waals surface area contributed by atoms with Gasteiger partial charge in [0.15, 0.2) is 0 Å². The predicted molar refractivity (Wildman–Crippen MR) is 95.6 cm³/mol. The number of primary amides is 1. The van der Waals surface area contributed by atoms with Gasteiger partial charge < -0.3 is 15.9 Å². The summed E-state index contributed by atoms with van der Waals surface area (Å²) in [7, 11) is 0. The van der Waals surface area contributed by atoms with Gasteiger partial charge in [0, 0.05) is 0 Å². The molecule has 1 atom stereocenters. The van der Waals surface area contributed by atoms with E-state index in [-0.39, 0.29) is 11.4 Å². The first-order valence-electron chi connectivity index (χ1n) is 7.71. The van der Waals surface area contributed by atoms with Crippen LogP contribution in [0, 0.1) is 0 Å². The van der Waals surface area contributed by atoms with Crippen molar-refractivity contribution in [2.75, 3.05) is 10.0 Å². The van der Waals surface area contributed by atoms with E-state index >= 15 is 0 Å². The number of nitrogens with two attached hydrogens (primary N) is 1. The van der Waals surface area contributed by atoms with E-state index in [2.05, 4.69) is 10.5 Å². The van der Waals surface area contributed by atoms with Crippen molar-refractivity contribution >= 4 is 35.1 Å². The summed E-state index contributed by atoms with van der Waals surface area (Å²) in [6.07, 6.45) is 0. The summed E-state index contributed by atoms with van der Waals surface area (Å²) in [5.41, 5.74) is 5.74. The van der Waals surface area contributed by atoms with Crippen molar-refractivity contribution in [2.24, 2.45) is 10.8 Å². The lowest BCUT2D eigenvalue weighted by Gasteiger charge is -2.44. The monoisotopic (exact) mass is 369 g/mol. The highest BCUT2D eigenvalue weighted by molar-refractivity contribution is 6.40. The minimum absolute atomic E-state index is 0.165. The summed E-state index contributed by atoms with van der Waals surface area (Å²) < 4.78 is 0.